The smallest absolute Gasteiger partial charge is 0.0547 e. The minimum atomic E-state index is 1.06. The Morgan fingerprint density at radius 1 is 0.167 bits per heavy atom. The molecule has 0 aliphatic heterocycles. The van der Waals surface area contributed by atoms with E-state index in [-0.39, 0.29) is 0 Å². The second kappa shape index (κ2) is 22.4. The molecule has 0 aliphatic rings. The normalized spacial score (nSPS) is 11.8. The van der Waals surface area contributed by atoms with Crippen molar-refractivity contribution < 1.29 is 0 Å². The van der Waals surface area contributed by atoms with Gasteiger partial charge >= 0.3 is 0 Å². The van der Waals surface area contributed by atoms with Crippen molar-refractivity contribution in [2.75, 3.05) is 9.80 Å². The van der Waals surface area contributed by atoms with Gasteiger partial charge in [0, 0.05) is 100 Å². The molecule has 0 fully saturated rings. The SMILES string of the molecule is c1ccc(N(c2ccc(-n3c(-c4cccc5ccccc45)cc4cc5c(cc(-c6cccc7ccccc67)n5-c5ccc(N(c6ccccc6)c6ccc7c(c6)c6ccccc6n7-c6ccccc6)cc5)cc43)cc2)c2ccc3c(c2)c2ccccc2n3-c2ccccc2)cc1. The number of benzene rings is 15. The van der Waals surface area contributed by atoms with Crippen LogP contribution in [0.1, 0.15) is 0 Å². The average Bonchev–Trinajstić information content (AvgIpc) is 1.78. The maximum atomic E-state index is 2.48. The lowest BCUT2D eigenvalue weighted by atomic mass is 10.0. The van der Waals surface area contributed by atoms with Crippen LogP contribution in [0, 0.1) is 0 Å². The Balaban J connectivity index is 0.774. The molecule has 0 N–H and O–H groups in total. The van der Waals surface area contributed by atoms with E-state index in [2.05, 4.69) is 392 Å². The highest BCUT2D eigenvalue weighted by molar-refractivity contribution is 6.13. The summed E-state index contributed by atoms with van der Waals surface area (Å²) in [5.41, 5.74) is 22.4. The summed E-state index contributed by atoms with van der Waals surface area (Å²) in [5, 5.41) is 11.9. The van der Waals surface area contributed by atoms with Gasteiger partial charge in [0.2, 0.25) is 0 Å². The number of para-hydroxylation sites is 6. The Labute approximate surface area is 555 Å². The van der Waals surface area contributed by atoms with Gasteiger partial charge in [0.1, 0.15) is 0 Å². The number of rotatable bonds is 12. The summed E-state index contributed by atoms with van der Waals surface area (Å²) in [4.78, 5) is 4.77. The molecule has 0 spiro atoms. The van der Waals surface area contributed by atoms with Crippen LogP contribution in [0.25, 0.3) is 132 Å². The molecule has 0 unspecified atom stereocenters. The van der Waals surface area contributed by atoms with Crippen LogP contribution in [0.3, 0.4) is 0 Å². The predicted molar refractivity (Wildman–Crippen MR) is 404 cm³/mol. The Bertz CT molecular complexity index is 5790. The van der Waals surface area contributed by atoms with E-state index < -0.39 is 0 Å². The van der Waals surface area contributed by atoms with Crippen LogP contribution in [-0.4, -0.2) is 18.3 Å². The first-order valence-corrected chi connectivity index (χ1v) is 32.9. The van der Waals surface area contributed by atoms with Crippen LogP contribution in [0.2, 0.25) is 0 Å². The number of aromatic nitrogens is 4. The Morgan fingerprint density at radius 2 is 0.479 bits per heavy atom. The number of hydrogen-bond acceptors (Lipinski definition) is 2. The van der Waals surface area contributed by atoms with E-state index in [9.17, 15) is 0 Å². The van der Waals surface area contributed by atoms with Crippen LogP contribution in [0.15, 0.2) is 364 Å². The molecule has 4 heterocycles. The summed E-state index contributed by atoms with van der Waals surface area (Å²) in [6, 6.07) is 133. The van der Waals surface area contributed by atoms with Crippen molar-refractivity contribution in [3.63, 3.8) is 0 Å². The molecular weight excluding hydrogens is 1170 g/mol. The molecule has 19 rings (SSSR count). The molecule has 0 radical (unpaired) electrons. The van der Waals surface area contributed by atoms with E-state index in [1.165, 1.54) is 76.3 Å². The van der Waals surface area contributed by atoms with E-state index in [4.69, 9.17) is 0 Å². The Morgan fingerprint density at radius 3 is 0.896 bits per heavy atom. The summed E-state index contributed by atoms with van der Waals surface area (Å²) in [6.45, 7) is 0. The summed E-state index contributed by atoms with van der Waals surface area (Å²) >= 11 is 0. The third-order valence-corrected chi connectivity index (χ3v) is 19.5. The lowest BCUT2D eigenvalue weighted by molar-refractivity contribution is 1.13. The topological polar surface area (TPSA) is 26.2 Å². The molecule has 450 valence electrons. The van der Waals surface area contributed by atoms with Gasteiger partial charge in [-0.15, -0.1) is 0 Å². The standard InChI is InChI=1S/C90H60N6/c1-5-27-65(28-6-1)91(73-51-53-85-81(59-73)79-37-17-19-41-83(79)93(85)67-31-9-3-10-32-67)69-43-47-71(48-44-69)95-87-55-64-58-90(78-40-22-26-62-24-14-16-36-76(62)78)96(88(64)56-63(87)57-89(95)77-39-21-25-61-23-13-15-35-75(61)77)72-49-45-70(46-50-72)92(66-29-7-2-8-30-66)74-52-54-86-82(60-74)80-38-18-20-42-84(80)94(86)68-33-11-4-12-34-68/h1-60H. The molecule has 0 atom stereocenters. The van der Waals surface area contributed by atoms with Gasteiger partial charge < -0.3 is 28.1 Å². The highest BCUT2D eigenvalue weighted by Crippen LogP contribution is 2.46. The summed E-state index contributed by atoms with van der Waals surface area (Å²) in [7, 11) is 0. The number of nitrogens with zero attached hydrogens (tertiary/aromatic N) is 6. The molecule has 0 bridgehead atoms. The minimum Gasteiger partial charge on any atom is -0.310 e. The first-order valence-electron chi connectivity index (χ1n) is 32.9. The Kier molecular flexibility index (Phi) is 12.8. The molecular formula is C90H60N6. The largest absolute Gasteiger partial charge is 0.310 e. The van der Waals surface area contributed by atoms with Crippen LogP contribution in [0.5, 0.6) is 0 Å². The number of anilines is 6. The second-order valence-corrected chi connectivity index (χ2v) is 24.9. The molecule has 19 aromatic rings. The van der Waals surface area contributed by atoms with Gasteiger partial charge in [0.25, 0.3) is 0 Å². The van der Waals surface area contributed by atoms with Crippen molar-refractivity contribution in [3.05, 3.63) is 364 Å². The zero-order valence-corrected chi connectivity index (χ0v) is 52.3. The van der Waals surface area contributed by atoms with E-state index in [0.717, 1.165) is 90.1 Å². The third kappa shape index (κ3) is 8.95. The summed E-state index contributed by atoms with van der Waals surface area (Å²) in [5.74, 6) is 0. The second-order valence-electron chi connectivity index (χ2n) is 24.9. The fourth-order valence-corrected chi connectivity index (χ4v) is 15.2. The molecule has 0 saturated heterocycles. The van der Waals surface area contributed by atoms with Crippen molar-refractivity contribution in [2.24, 2.45) is 0 Å². The molecule has 4 aromatic heterocycles. The predicted octanol–water partition coefficient (Wildman–Crippen LogP) is 24.3. The van der Waals surface area contributed by atoms with Gasteiger partial charge in [-0.3, -0.25) is 0 Å². The van der Waals surface area contributed by atoms with Crippen LogP contribution >= 0.6 is 0 Å². The van der Waals surface area contributed by atoms with Gasteiger partial charge in [-0.1, -0.05) is 194 Å². The maximum Gasteiger partial charge on any atom is 0.0547 e. The molecule has 15 aromatic carbocycles. The molecule has 6 nitrogen and oxygen atoms in total. The van der Waals surface area contributed by atoms with Crippen molar-refractivity contribution in [1.29, 1.82) is 0 Å². The van der Waals surface area contributed by atoms with E-state index in [1.807, 2.05) is 0 Å². The fourth-order valence-electron chi connectivity index (χ4n) is 15.2. The lowest BCUT2D eigenvalue weighted by Gasteiger charge is -2.26. The molecule has 0 saturated carbocycles. The highest BCUT2D eigenvalue weighted by Gasteiger charge is 2.24. The third-order valence-electron chi connectivity index (χ3n) is 19.5. The maximum absolute atomic E-state index is 2.48. The average molecular weight is 1230 g/mol. The summed E-state index contributed by atoms with van der Waals surface area (Å²) < 4.78 is 9.72. The number of hydrogen-bond donors (Lipinski definition) is 0. The Hall–Kier alpha value is -12.9. The van der Waals surface area contributed by atoms with Crippen LogP contribution in [-0.2, 0) is 0 Å². The number of fused-ring (bicyclic) bond motifs is 10. The van der Waals surface area contributed by atoms with Crippen molar-refractivity contribution >= 4 is 121 Å². The van der Waals surface area contributed by atoms with Crippen LogP contribution in [0.4, 0.5) is 34.1 Å². The van der Waals surface area contributed by atoms with Gasteiger partial charge in [-0.05, 0) is 191 Å². The van der Waals surface area contributed by atoms with Gasteiger partial charge in [0.15, 0.2) is 0 Å². The molecule has 96 heavy (non-hydrogen) atoms. The van der Waals surface area contributed by atoms with Crippen molar-refractivity contribution in [2.45, 2.75) is 0 Å². The van der Waals surface area contributed by atoms with E-state index >= 15 is 0 Å². The van der Waals surface area contributed by atoms with Crippen molar-refractivity contribution in [1.82, 2.24) is 18.3 Å². The van der Waals surface area contributed by atoms with E-state index in [1.54, 1.807) is 0 Å². The fraction of sp³-hybridized carbons (Fsp3) is 0. The van der Waals surface area contributed by atoms with Gasteiger partial charge in [-0.25, -0.2) is 0 Å². The highest BCUT2D eigenvalue weighted by atomic mass is 15.2. The van der Waals surface area contributed by atoms with Crippen molar-refractivity contribution in [3.8, 4) is 45.3 Å². The quantitative estimate of drug-likeness (QED) is 0.122. The molecule has 0 aliphatic carbocycles. The zero-order chi connectivity index (χ0) is 63.2. The molecule has 6 heteroatoms. The van der Waals surface area contributed by atoms with Gasteiger partial charge in [-0.2, -0.15) is 0 Å². The zero-order valence-electron chi connectivity index (χ0n) is 52.3. The first kappa shape index (κ1) is 54.8. The van der Waals surface area contributed by atoms with Gasteiger partial charge in [0.05, 0.1) is 44.5 Å². The van der Waals surface area contributed by atoms with E-state index in [0.29, 0.717) is 0 Å². The minimum absolute atomic E-state index is 1.06. The van der Waals surface area contributed by atoms with Crippen LogP contribution < -0.4 is 9.80 Å². The molecule has 0 amide bonds. The lowest BCUT2D eigenvalue weighted by Crippen LogP contribution is -2.10. The monoisotopic (exact) mass is 1220 g/mol. The summed E-state index contributed by atoms with van der Waals surface area (Å²) in [6.07, 6.45) is 0. The first-order chi connectivity index (χ1) is 47.6.